The molecule has 0 saturated carbocycles. The minimum absolute atomic E-state index is 0.0168. The number of amides is 1. The first kappa shape index (κ1) is 23.3. The summed E-state index contributed by atoms with van der Waals surface area (Å²) in [7, 11) is -3.79. The van der Waals surface area contributed by atoms with Crippen molar-refractivity contribution < 1.29 is 22.5 Å². The molecule has 2 atom stereocenters. The van der Waals surface area contributed by atoms with Crippen LogP contribution >= 0.6 is 0 Å². The number of hydrogen-bond donors (Lipinski definition) is 2. The van der Waals surface area contributed by atoms with Crippen LogP contribution in [0.15, 0.2) is 35.2 Å². The topological polar surface area (TPSA) is 114 Å². The fraction of sp³-hybridized carbons (Fsp3) is 0.364. The molecule has 3 N–H and O–H groups in total. The van der Waals surface area contributed by atoms with Gasteiger partial charge in [0.1, 0.15) is 27.4 Å². The van der Waals surface area contributed by atoms with E-state index in [1.165, 1.54) is 0 Å². The van der Waals surface area contributed by atoms with Crippen molar-refractivity contribution in [1.82, 2.24) is 14.5 Å². The lowest BCUT2D eigenvalue weighted by atomic mass is 10.1. The number of morpholine rings is 1. The van der Waals surface area contributed by atoms with Crippen molar-refractivity contribution in [1.29, 1.82) is 4.78 Å². The molecule has 176 valence electrons. The van der Waals surface area contributed by atoms with Crippen molar-refractivity contribution >= 4 is 26.9 Å². The lowest BCUT2D eigenvalue weighted by Gasteiger charge is -2.33. The van der Waals surface area contributed by atoms with E-state index in [0.717, 1.165) is 17.7 Å². The highest BCUT2D eigenvalue weighted by molar-refractivity contribution is 7.90. The van der Waals surface area contributed by atoms with Gasteiger partial charge in [0.2, 0.25) is 5.91 Å². The van der Waals surface area contributed by atoms with Gasteiger partial charge in [-0.3, -0.25) is 4.79 Å². The summed E-state index contributed by atoms with van der Waals surface area (Å²) in [4.78, 5) is 17.9. The van der Waals surface area contributed by atoms with Crippen molar-refractivity contribution in [3.05, 3.63) is 47.5 Å². The van der Waals surface area contributed by atoms with Gasteiger partial charge in [-0.1, -0.05) is 13.0 Å². The van der Waals surface area contributed by atoms with Crippen LogP contribution in [0, 0.1) is 23.3 Å². The highest BCUT2D eigenvalue weighted by Gasteiger charge is 2.27. The van der Waals surface area contributed by atoms with Crippen molar-refractivity contribution in [3.8, 4) is 11.4 Å². The zero-order chi connectivity index (χ0) is 23.9. The van der Waals surface area contributed by atoms with E-state index < -0.39 is 38.1 Å². The van der Waals surface area contributed by atoms with Gasteiger partial charge < -0.3 is 14.2 Å². The van der Waals surface area contributed by atoms with Gasteiger partial charge in [-0.25, -0.2) is 27.9 Å². The first-order valence-corrected chi connectivity index (χ1v) is 12.1. The number of aryl methyl sites for hydroxylation is 1. The monoisotopic (exact) mass is 477 g/mol. The van der Waals surface area contributed by atoms with Crippen molar-refractivity contribution in [3.63, 3.8) is 0 Å². The molecule has 1 aromatic heterocycles. The van der Waals surface area contributed by atoms with Crippen LogP contribution in [0.25, 0.3) is 22.4 Å². The highest BCUT2D eigenvalue weighted by Crippen LogP contribution is 2.32. The number of aromatic nitrogens is 2. The maximum Gasteiger partial charge on any atom is 0.222 e. The average Bonchev–Trinajstić information content (AvgIpc) is 3.09. The second-order valence-corrected chi connectivity index (χ2v) is 9.76. The number of fused-ring (bicyclic) bond motifs is 1. The number of halogens is 2. The number of hydrogen-bond acceptors (Lipinski definition) is 5. The number of rotatable bonds is 5. The minimum Gasteiger partial charge on any atom is -0.373 e. The van der Waals surface area contributed by atoms with Crippen LogP contribution < -0.4 is 5.14 Å². The number of carbonyl (C=O) groups excluding carboxylic acids is 1. The molecule has 0 radical (unpaired) electrons. The number of nitrogens with one attached hydrogen (secondary N) is 1. The van der Waals surface area contributed by atoms with E-state index in [1.807, 2.05) is 25.1 Å². The van der Waals surface area contributed by atoms with Gasteiger partial charge in [-0.2, -0.15) is 0 Å². The van der Waals surface area contributed by atoms with Gasteiger partial charge in [0, 0.05) is 19.5 Å². The number of nitrogens with zero attached hydrogens (tertiary/aromatic N) is 3. The summed E-state index contributed by atoms with van der Waals surface area (Å²) in [6.45, 7) is 5.12. The number of ether oxygens (including phenoxy) is 1. The summed E-state index contributed by atoms with van der Waals surface area (Å²) in [5.41, 5.74) is 1.73. The van der Waals surface area contributed by atoms with Gasteiger partial charge in [-0.05, 0) is 36.8 Å². The molecule has 1 aliphatic heterocycles. The van der Waals surface area contributed by atoms with Gasteiger partial charge in [0.15, 0.2) is 0 Å². The number of nitrogens with two attached hydrogens (primary N) is 1. The van der Waals surface area contributed by atoms with E-state index in [1.54, 1.807) is 16.4 Å². The van der Waals surface area contributed by atoms with Gasteiger partial charge >= 0.3 is 0 Å². The van der Waals surface area contributed by atoms with Crippen LogP contribution in [0.5, 0.6) is 0 Å². The smallest absolute Gasteiger partial charge is 0.222 e. The van der Waals surface area contributed by atoms with E-state index in [2.05, 4.69) is 4.98 Å². The molecule has 1 saturated heterocycles. The lowest BCUT2D eigenvalue weighted by molar-refractivity contribution is -0.138. The predicted molar refractivity (Wildman–Crippen MR) is 120 cm³/mol. The van der Waals surface area contributed by atoms with E-state index >= 15 is 8.78 Å². The Balaban J connectivity index is 1.82. The molecule has 8 nitrogen and oxygen atoms in total. The van der Waals surface area contributed by atoms with Crippen LogP contribution in [0.4, 0.5) is 8.78 Å². The molecule has 1 amide bonds. The Morgan fingerprint density at radius 3 is 2.64 bits per heavy atom. The van der Waals surface area contributed by atoms with Gasteiger partial charge in [-0.15, -0.1) is 0 Å². The Morgan fingerprint density at radius 2 is 2.00 bits per heavy atom. The third kappa shape index (κ3) is 4.61. The molecule has 0 spiro atoms. The summed E-state index contributed by atoms with van der Waals surface area (Å²) >= 11 is 0. The molecule has 2 aromatic carbocycles. The Bertz CT molecular complexity index is 1320. The van der Waals surface area contributed by atoms with E-state index in [-0.39, 0.29) is 18.3 Å². The predicted octanol–water partition coefficient (Wildman–Crippen LogP) is 3.21. The molecule has 1 fully saturated rings. The molecule has 3 aromatic rings. The second-order valence-electron chi connectivity index (χ2n) is 8.09. The molecule has 11 heteroatoms. The first-order valence-electron chi connectivity index (χ1n) is 10.5. The third-order valence-electron chi connectivity index (χ3n) is 5.67. The second kappa shape index (κ2) is 8.81. The highest BCUT2D eigenvalue weighted by atomic mass is 32.2. The van der Waals surface area contributed by atoms with E-state index in [0.29, 0.717) is 37.2 Å². The molecule has 1 unspecified atom stereocenters. The van der Waals surface area contributed by atoms with E-state index in [4.69, 9.17) is 14.7 Å². The summed E-state index contributed by atoms with van der Waals surface area (Å²) < 4.78 is 56.9. The Kier molecular flexibility index (Phi) is 6.21. The molecule has 2 heterocycles. The summed E-state index contributed by atoms with van der Waals surface area (Å²) in [6, 6.07) is 7.12. The molecule has 4 rings (SSSR count). The third-order valence-corrected chi connectivity index (χ3v) is 6.61. The quantitative estimate of drug-likeness (QED) is 0.587. The van der Waals surface area contributed by atoms with Gasteiger partial charge in [0.05, 0.1) is 40.7 Å². The Hall–Kier alpha value is -2.89. The standard InChI is InChI=1S/C22H25F2N5O3S/c1-3-20(30)28-6-7-32-14(11-28)12-29-19-5-4-13(2)8-18(19)27-22(29)21-16(23)9-15(10-17(21)24)33(25,26)31/h4-5,8-10,14H,3,6-7,11-12H2,1-2H3,(H3,25,26,31)/t14-/m1/s1. The number of imidazole rings is 1. The maximum absolute atomic E-state index is 15.1. The molecular weight excluding hydrogens is 452 g/mol. The van der Waals surface area contributed by atoms with Crippen molar-refractivity contribution in [2.75, 3.05) is 19.7 Å². The minimum atomic E-state index is -3.79. The Labute approximate surface area is 190 Å². The van der Waals surface area contributed by atoms with Crippen molar-refractivity contribution in [2.24, 2.45) is 5.14 Å². The summed E-state index contributed by atoms with van der Waals surface area (Å²) in [6.07, 6.45) is -0.0120. The molecule has 1 aliphatic rings. The molecular formula is C22H25F2N5O3S. The number of carbonyl (C=O) groups is 1. The molecule has 0 bridgehead atoms. The van der Waals surface area contributed by atoms with Gasteiger partial charge in [0.25, 0.3) is 0 Å². The summed E-state index contributed by atoms with van der Waals surface area (Å²) in [5.74, 6) is -1.98. The van der Waals surface area contributed by atoms with Crippen LogP contribution in [0.2, 0.25) is 0 Å². The van der Waals surface area contributed by atoms with E-state index in [9.17, 15) is 9.00 Å². The largest absolute Gasteiger partial charge is 0.373 e. The SMILES string of the molecule is CCC(=O)N1CCO[C@@H](Cn2c(-c3c(F)cc(S(=N)(N)=O)cc3F)nc3cc(C)ccc32)C1. The zero-order valence-corrected chi connectivity index (χ0v) is 19.1. The van der Waals surface area contributed by atoms with Crippen molar-refractivity contribution in [2.45, 2.75) is 37.8 Å². The summed E-state index contributed by atoms with van der Waals surface area (Å²) in [5, 5.41) is 5.26. The first-order chi connectivity index (χ1) is 15.6. The van der Waals surface area contributed by atoms with Crippen LogP contribution in [0.3, 0.4) is 0 Å². The zero-order valence-electron chi connectivity index (χ0n) is 18.3. The normalized spacial score (nSPS) is 18.5. The Morgan fingerprint density at radius 1 is 1.30 bits per heavy atom. The fourth-order valence-corrected chi connectivity index (χ4v) is 4.59. The number of benzene rings is 2. The molecule has 33 heavy (non-hydrogen) atoms. The van der Waals surface area contributed by atoms with Crippen LogP contribution in [-0.2, 0) is 26.0 Å². The fourth-order valence-electron chi connectivity index (χ4n) is 4.04. The maximum atomic E-state index is 15.1. The molecule has 0 aliphatic carbocycles. The van der Waals surface area contributed by atoms with Crippen LogP contribution in [0.1, 0.15) is 18.9 Å². The van der Waals surface area contributed by atoms with Crippen LogP contribution in [-0.4, -0.2) is 50.4 Å². The lowest BCUT2D eigenvalue weighted by Crippen LogP contribution is -2.46. The average molecular weight is 478 g/mol.